The van der Waals surface area contributed by atoms with Crippen molar-refractivity contribution in [1.82, 2.24) is 9.97 Å². The van der Waals surface area contributed by atoms with E-state index in [9.17, 15) is 9.59 Å². The third-order valence-corrected chi connectivity index (χ3v) is 3.18. The molecular formula is C11H9N3O3S. The zero-order chi connectivity index (χ0) is 13.1. The summed E-state index contributed by atoms with van der Waals surface area (Å²) in [5, 5.41) is 9.36. The zero-order valence-electron chi connectivity index (χ0n) is 9.08. The number of aromatic nitrogens is 2. The standard InChI is InChI=1S/C11H9N3O3S/c12-7-3-1-2-6(10(16)17)9(7)18-11-13-5-4-8(15)14-11/h1-5H,12H2,(H,16,17)(H,13,14,15). The first-order valence-electron chi connectivity index (χ1n) is 4.93. The lowest BCUT2D eigenvalue weighted by atomic mass is 10.2. The van der Waals surface area contributed by atoms with E-state index in [1.807, 2.05) is 0 Å². The number of carboxylic acid groups (broad SMARTS) is 1. The highest BCUT2D eigenvalue weighted by atomic mass is 32.2. The molecule has 0 aliphatic heterocycles. The van der Waals surface area contributed by atoms with Gasteiger partial charge in [0, 0.05) is 18.0 Å². The molecule has 2 aromatic rings. The number of nitrogens with zero attached hydrogens (tertiary/aromatic N) is 1. The molecule has 0 bridgehead atoms. The van der Waals surface area contributed by atoms with Crippen LogP contribution in [-0.4, -0.2) is 21.0 Å². The molecule has 2 rings (SSSR count). The number of aromatic amines is 1. The number of carboxylic acids is 1. The van der Waals surface area contributed by atoms with E-state index in [2.05, 4.69) is 9.97 Å². The van der Waals surface area contributed by atoms with E-state index >= 15 is 0 Å². The first kappa shape index (κ1) is 12.2. The molecule has 0 spiro atoms. The highest BCUT2D eigenvalue weighted by Gasteiger charge is 2.14. The van der Waals surface area contributed by atoms with Gasteiger partial charge in [0.25, 0.3) is 5.56 Å². The summed E-state index contributed by atoms with van der Waals surface area (Å²) in [4.78, 5) is 29.0. The van der Waals surface area contributed by atoms with E-state index < -0.39 is 5.97 Å². The number of carbonyl (C=O) groups is 1. The molecule has 0 unspecified atom stereocenters. The minimum atomic E-state index is -1.08. The Hall–Kier alpha value is -2.28. The summed E-state index contributed by atoms with van der Waals surface area (Å²) in [6.45, 7) is 0. The molecule has 0 saturated carbocycles. The summed E-state index contributed by atoms with van der Waals surface area (Å²) in [5.74, 6) is -1.08. The van der Waals surface area contributed by atoms with Crippen molar-refractivity contribution >= 4 is 23.4 Å². The first-order valence-corrected chi connectivity index (χ1v) is 5.74. The van der Waals surface area contributed by atoms with Gasteiger partial charge in [0.15, 0.2) is 5.16 Å². The smallest absolute Gasteiger partial charge is 0.336 e. The fourth-order valence-corrected chi connectivity index (χ4v) is 2.25. The lowest BCUT2D eigenvalue weighted by Gasteiger charge is -2.07. The molecule has 0 amide bonds. The number of benzene rings is 1. The van der Waals surface area contributed by atoms with Gasteiger partial charge in [-0.2, -0.15) is 0 Å². The third-order valence-electron chi connectivity index (χ3n) is 2.12. The third kappa shape index (κ3) is 2.51. The lowest BCUT2D eigenvalue weighted by Crippen LogP contribution is -2.06. The van der Waals surface area contributed by atoms with E-state index in [1.165, 1.54) is 18.3 Å². The number of nitrogens with two attached hydrogens (primary N) is 1. The Morgan fingerprint density at radius 3 is 2.83 bits per heavy atom. The molecule has 1 aromatic carbocycles. The van der Waals surface area contributed by atoms with Crippen LogP contribution in [0.15, 0.2) is 45.3 Å². The Balaban J connectivity index is 2.45. The van der Waals surface area contributed by atoms with Crippen molar-refractivity contribution in [2.45, 2.75) is 10.1 Å². The van der Waals surface area contributed by atoms with Crippen molar-refractivity contribution in [1.29, 1.82) is 0 Å². The Kier molecular flexibility index (Phi) is 3.33. The van der Waals surface area contributed by atoms with Gasteiger partial charge in [-0.1, -0.05) is 6.07 Å². The molecule has 0 aliphatic rings. The summed E-state index contributed by atoms with van der Waals surface area (Å²) >= 11 is 1.01. The average Bonchev–Trinajstić information content (AvgIpc) is 2.31. The number of hydrogen-bond donors (Lipinski definition) is 3. The molecule has 7 heteroatoms. The highest BCUT2D eigenvalue weighted by Crippen LogP contribution is 2.32. The molecule has 6 nitrogen and oxygen atoms in total. The predicted molar refractivity (Wildman–Crippen MR) is 66.8 cm³/mol. The Morgan fingerprint density at radius 1 is 1.39 bits per heavy atom. The number of nitrogen functional groups attached to an aromatic ring is 1. The van der Waals surface area contributed by atoms with Gasteiger partial charge in [-0.25, -0.2) is 9.78 Å². The molecule has 92 valence electrons. The summed E-state index contributed by atoms with van der Waals surface area (Å²) in [6.07, 6.45) is 1.35. The number of aromatic carboxylic acids is 1. The van der Waals surface area contributed by atoms with Gasteiger partial charge in [-0.3, -0.25) is 4.79 Å². The molecular weight excluding hydrogens is 254 g/mol. The van der Waals surface area contributed by atoms with Crippen LogP contribution in [0, 0.1) is 0 Å². The van der Waals surface area contributed by atoms with Gasteiger partial charge in [0.05, 0.1) is 10.5 Å². The van der Waals surface area contributed by atoms with Gasteiger partial charge >= 0.3 is 5.97 Å². The van der Waals surface area contributed by atoms with Crippen LogP contribution in [0.2, 0.25) is 0 Å². The maximum atomic E-state index is 11.1. The van der Waals surface area contributed by atoms with Gasteiger partial charge in [-0.05, 0) is 23.9 Å². The number of hydrogen-bond acceptors (Lipinski definition) is 5. The Bertz CT molecular complexity index is 654. The van der Waals surface area contributed by atoms with E-state index in [0.29, 0.717) is 15.7 Å². The van der Waals surface area contributed by atoms with Crippen LogP contribution in [0.1, 0.15) is 10.4 Å². The van der Waals surface area contributed by atoms with Crippen molar-refractivity contribution in [3.05, 3.63) is 46.4 Å². The van der Waals surface area contributed by atoms with E-state index in [1.54, 1.807) is 12.1 Å². The molecule has 18 heavy (non-hydrogen) atoms. The van der Waals surface area contributed by atoms with Crippen molar-refractivity contribution in [2.24, 2.45) is 0 Å². The molecule has 4 N–H and O–H groups in total. The van der Waals surface area contributed by atoms with Crippen LogP contribution < -0.4 is 11.3 Å². The van der Waals surface area contributed by atoms with Gasteiger partial charge < -0.3 is 15.8 Å². The molecule has 0 atom stereocenters. The Labute approximate surface area is 106 Å². The largest absolute Gasteiger partial charge is 0.478 e. The minimum absolute atomic E-state index is 0.0755. The van der Waals surface area contributed by atoms with Crippen molar-refractivity contribution in [3.8, 4) is 0 Å². The number of nitrogens with one attached hydrogen (secondary N) is 1. The second kappa shape index (κ2) is 4.92. The predicted octanol–water partition coefficient (Wildman–Crippen LogP) is 1.20. The fourth-order valence-electron chi connectivity index (χ4n) is 1.34. The molecule has 1 heterocycles. The van der Waals surface area contributed by atoms with Crippen LogP contribution in [0.4, 0.5) is 5.69 Å². The van der Waals surface area contributed by atoms with E-state index in [0.717, 1.165) is 11.8 Å². The highest BCUT2D eigenvalue weighted by molar-refractivity contribution is 7.99. The van der Waals surface area contributed by atoms with Crippen molar-refractivity contribution < 1.29 is 9.90 Å². The molecule has 0 fully saturated rings. The second-order valence-corrected chi connectivity index (χ2v) is 4.37. The summed E-state index contributed by atoms with van der Waals surface area (Å²) < 4.78 is 0. The Morgan fingerprint density at radius 2 is 2.17 bits per heavy atom. The van der Waals surface area contributed by atoms with Gasteiger partial charge in [0.1, 0.15) is 0 Å². The maximum Gasteiger partial charge on any atom is 0.336 e. The van der Waals surface area contributed by atoms with Crippen LogP contribution in [0.5, 0.6) is 0 Å². The number of H-pyrrole nitrogens is 1. The monoisotopic (exact) mass is 263 g/mol. The quantitative estimate of drug-likeness (QED) is 0.567. The zero-order valence-corrected chi connectivity index (χ0v) is 9.90. The lowest BCUT2D eigenvalue weighted by molar-refractivity contribution is 0.0693. The van der Waals surface area contributed by atoms with E-state index in [4.69, 9.17) is 10.8 Å². The number of anilines is 1. The fraction of sp³-hybridized carbons (Fsp3) is 0. The number of rotatable bonds is 3. The SMILES string of the molecule is Nc1cccc(C(=O)O)c1Sc1nccc(=O)[nH]1. The summed E-state index contributed by atoms with van der Waals surface area (Å²) in [7, 11) is 0. The van der Waals surface area contributed by atoms with Gasteiger partial charge in [-0.15, -0.1) is 0 Å². The molecule has 0 saturated heterocycles. The van der Waals surface area contributed by atoms with Crippen molar-refractivity contribution in [2.75, 3.05) is 5.73 Å². The average molecular weight is 263 g/mol. The normalized spacial score (nSPS) is 10.2. The van der Waals surface area contributed by atoms with E-state index in [-0.39, 0.29) is 11.1 Å². The molecule has 1 aromatic heterocycles. The maximum absolute atomic E-state index is 11.1. The second-order valence-electron chi connectivity index (χ2n) is 3.37. The summed E-state index contributed by atoms with van der Waals surface area (Å²) in [6, 6.07) is 5.87. The van der Waals surface area contributed by atoms with Crippen LogP contribution in [-0.2, 0) is 0 Å². The summed E-state index contributed by atoms with van der Waals surface area (Å²) in [5.41, 5.74) is 5.84. The van der Waals surface area contributed by atoms with Crippen LogP contribution in [0.3, 0.4) is 0 Å². The topological polar surface area (TPSA) is 109 Å². The van der Waals surface area contributed by atoms with Crippen LogP contribution in [0.25, 0.3) is 0 Å². The van der Waals surface area contributed by atoms with Crippen LogP contribution >= 0.6 is 11.8 Å². The first-order chi connectivity index (χ1) is 8.58. The van der Waals surface area contributed by atoms with Crippen molar-refractivity contribution in [3.63, 3.8) is 0 Å². The van der Waals surface area contributed by atoms with Gasteiger partial charge in [0.2, 0.25) is 0 Å². The molecule has 0 radical (unpaired) electrons. The molecule has 0 aliphatic carbocycles. The minimum Gasteiger partial charge on any atom is -0.478 e.